The lowest BCUT2D eigenvalue weighted by Crippen LogP contribution is -2.50. The maximum Gasteiger partial charge on any atom is 0.409 e. The Morgan fingerprint density at radius 1 is 1.46 bits per heavy atom. The van der Waals surface area contributed by atoms with E-state index in [0.717, 1.165) is 0 Å². The van der Waals surface area contributed by atoms with Crippen molar-refractivity contribution in [3.63, 3.8) is 0 Å². The van der Waals surface area contributed by atoms with E-state index in [-0.39, 0.29) is 6.04 Å². The van der Waals surface area contributed by atoms with Crippen LogP contribution < -0.4 is 5.32 Å². The monoisotopic (exact) mass is 357 g/mol. The maximum absolute atomic E-state index is 11.8. The predicted octanol–water partition coefficient (Wildman–Crippen LogP) is 1.43. The average Bonchev–Trinajstić information content (AvgIpc) is 3.02. The molecular weight excluding hydrogens is 334 g/mol. The van der Waals surface area contributed by atoms with Crippen molar-refractivity contribution in [1.29, 1.82) is 0 Å². The molecule has 1 saturated heterocycles. The van der Waals surface area contributed by atoms with Crippen LogP contribution in [0.25, 0.3) is 0 Å². The Morgan fingerprint density at radius 3 is 2.71 bits per heavy atom. The van der Waals surface area contributed by atoms with Gasteiger partial charge in [-0.1, -0.05) is 18.2 Å². The second-order valence-corrected chi connectivity index (χ2v) is 7.11. The van der Waals surface area contributed by atoms with Gasteiger partial charge in [0.05, 0.1) is 6.61 Å². The molecule has 0 spiro atoms. The Hall–Kier alpha value is -1.84. The summed E-state index contributed by atoms with van der Waals surface area (Å²) < 4.78 is 38.2. The number of ether oxygens (including phenoxy) is 1. The van der Waals surface area contributed by atoms with Crippen LogP contribution in [0.2, 0.25) is 0 Å². The molecule has 2 unspecified atom stereocenters. The van der Waals surface area contributed by atoms with Crippen molar-refractivity contribution in [2.24, 2.45) is 0 Å². The third kappa shape index (κ3) is 4.59. The molecule has 1 fully saturated rings. The number of benzene rings is 1. The fraction of sp³-hybridized carbons (Fsp3) is 0.533. The van der Waals surface area contributed by atoms with Crippen LogP contribution in [0, 0.1) is 0 Å². The van der Waals surface area contributed by atoms with Crippen LogP contribution in [0.3, 0.4) is 0 Å². The van der Waals surface area contributed by atoms with Gasteiger partial charge in [-0.2, -0.15) is 8.42 Å². The van der Waals surface area contributed by atoms with Gasteiger partial charge in [-0.3, -0.25) is 9.45 Å². The van der Waals surface area contributed by atoms with E-state index in [4.69, 9.17) is 4.74 Å². The van der Waals surface area contributed by atoms with Crippen molar-refractivity contribution >= 4 is 21.9 Å². The van der Waals surface area contributed by atoms with Gasteiger partial charge in [-0.05, 0) is 32.5 Å². The molecule has 9 heteroatoms. The lowest BCUT2D eigenvalue weighted by Gasteiger charge is -2.31. The number of para-hydroxylation sites is 1. The van der Waals surface area contributed by atoms with Crippen molar-refractivity contribution in [2.45, 2.75) is 24.9 Å². The molecule has 0 bridgehead atoms. The predicted molar refractivity (Wildman–Crippen MR) is 90.2 cm³/mol. The average molecular weight is 357 g/mol. The maximum atomic E-state index is 11.8. The van der Waals surface area contributed by atoms with E-state index in [1.165, 1.54) is 9.80 Å². The lowest BCUT2D eigenvalue weighted by molar-refractivity contribution is 0.112. The lowest BCUT2D eigenvalue weighted by atomic mass is 10.2. The standard InChI is InChI=1S/C15H23N3O5S/c1-3-23-15(19)18-10-9-13(11-18)17(2)14(24(20,21)22)16-12-7-5-4-6-8-12/h4-8,13-14,16H,3,9-11H2,1-2H3,(H,20,21,22). The zero-order valence-corrected chi connectivity index (χ0v) is 14.6. The molecule has 2 atom stereocenters. The second kappa shape index (κ2) is 7.82. The number of nitrogens with one attached hydrogen (secondary N) is 1. The number of hydrogen-bond acceptors (Lipinski definition) is 6. The van der Waals surface area contributed by atoms with Gasteiger partial charge in [-0.25, -0.2) is 4.79 Å². The van der Waals surface area contributed by atoms with Gasteiger partial charge in [0.2, 0.25) is 5.50 Å². The quantitative estimate of drug-likeness (QED) is 0.587. The Morgan fingerprint density at radius 2 is 2.12 bits per heavy atom. The molecular formula is C15H23N3O5S. The number of carbonyl (C=O) groups excluding carboxylic acids is 1. The summed E-state index contributed by atoms with van der Waals surface area (Å²) in [7, 11) is -2.76. The van der Waals surface area contributed by atoms with Crippen molar-refractivity contribution in [2.75, 3.05) is 32.1 Å². The van der Waals surface area contributed by atoms with Gasteiger partial charge in [0.25, 0.3) is 0 Å². The topological polar surface area (TPSA) is 99.2 Å². The van der Waals surface area contributed by atoms with E-state index in [9.17, 15) is 17.8 Å². The van der Waals surface area contributed by atoms with Gasteiger partial charge < -0.3 is 15.0 Å². The molecule has 24 heavy (non-hydrogen) atoms. The van der Waals surface area contributed by atoms with Crippen molar-refractivity contribution in [3.05, 3.63) is 30.3 Å². The SMILES string of the molecule is CCOC(=O)N1CCC(N(C)C(Nc2ccccc2)S(=O)(=O)O)C1. The van der Waals surface area contributed by atoms with Crippen LogP contribution in [0.5, 0.6) is 0 Å². The van der Waals surface area contributed by atoms with E-state index in [0.29, 0.717) is 31.8 Å². The molecule has 1 aliphatic heterocycles. The second-order valence-electron chi connectivity index (χ2n) is 5.63. The number of hydrogen-bond donors (Lipinski definition) is 2. The number of anilines is 1. The van der Waals surface area contributed by atoms with Crippen molar-refractivity contribution < 1.29 is 22.5 Å². The minimum absolute atomic E-state index is 0.211. The number of carbonyl (C=O) groups is 1. The molecule has 1 aliphatic rings. The number of rotatable bonds is 6. The molecule has 1 heterocycles. The summed E-state index contributed by atoms with van der Waals surface area (Å²) in [6, 6.07) is 8.56. The number of nitrogens with zero attached hydrogens (tertiary/aromatic N) is 2. The Bertz CT molecular complexity index is 652. The third-order valence-corrected chi connectivity index (χ3v) is 5.00. The largest absolute Gasteiger partial charge is 0.450 e. The molecule has 2 N–H and O–H groups in total. The highest BCUT2D eigenvalue weighted by Gasteiger charge is 2.37. The van der Waals surface area contributed by atoms with E-state index in [1.807, 2.05) is 6.07 Å². The van der Waals surface area contributed by atoms with Gasteiger partial charge >= 0.3 is 16.2 Å². The van der Waals surface area contributed by atoms with Crippen LogP contribution in [0.4, 0.5) is 10.5 Å². The smallest absolute Gasteiger partial charge is 0.409 e. The molecule has 0 aliphatic carbocycles. The molecule has 0 radical (unpaired) electrons. The van der Waals surface area contributed by atoms with Crippen molar-refractivity contribution in [3.8, 4) is 0 Å². The van der Waals surface area contributed by atoms with E-state index < -0.39 is 21.7 Å². The highest BCUT2D eigenvalue weighted by molar-refractivity contribution is 7.86. The molecule has 0 aromatic heterocycles. The molecule has 1 aromatic rings. The van der Waals surface area contributed by atoms with E-state index in [1.54, 1.807) is 38.2 Å². The number of likely N-dealkylation sites (tertiary alicyclic amines) is 1. The summed E-state index contributed by atoms with van der Waals surface area (Å²) in [6.07, 6.45) is 0.186. The van der Waals surface area contributed by atoms with Crippen LogP contribution in [0.1, 0.15) is 13.3 Å². The first-order valence-electron chi connectivity index (χ1n) is 7.74. The number of amides is 1. The number of likely N-dealkylation sites (N-methyl/N-ethyl adjacent to an activating group) is 1. The van der Waals surface area contributed by atoms with Gasteiger partial charge in [-0.15, -0.1) is 0 Å². The Labute approximate surface area is 142 Å². The van der Waals surface area contributed by atoms with Gasteiger partial charge in [0, 0.05) is 24.8 Å². The first kappa shape index (κ1) is 18.5. The molecule has 1 aromatic carbocycles. The van der Waals surface area contributed by atoms with Crippen LogP contribution >= 0.6 is 0 Å². The third-order valence-electron chi connectivity index (χ3n) is 3.98. The van der Waals surface area contributed by atoms with E-state index >= 15 is 0 Å². The highest BCUT2D eigenvalue weighted by Crippen LogP contribution is 2.21. The van der Waals surface area contributed by atoms with Crippen LogP contribution in [-0.4, -0.2) is 67.1 Å². The fourth-order valence-corrected chi connectivity index (χ4v) is 3.59. The minimum Gasteiger partial charge on any atom is -0.450 e. The molecule has 0 saturated carbocycles. The minimum atomic E-state index is -4.37. The zero-order valence-electron chi connectivity index (χ0n) is 13.8. The van der Waals surface area contributed by atoms with Crippen LogP contribution in [-0.2, 0) is 14.9 Å². The first-order chi connectivity index (χ1) is 11.3. The highest BCUT2D eigenvalue weighted by atomic mass is 32.2. The molecule has 1 amide bonds. The summed E-state index contributed by atoms with van der Waals surface area (Å²) in [5, 5.41) is 2.82. The Kier molecular flexibility index (Phi) is 6.03. The summed E-state index contributed by atoms with van der Waals surface area (Å²) in [5.74, 6) is 0. The zero-order chi connectivity index (χ0) is 17.7. The summed E-state index contributed by atoms with van der Waals surface area (Å²) in [4.78, 5) is 14.8. The van der Waals surface area contributed by atoms with E-state index in [2.05, 4.69) is 5.32 Å². The first-order valence-corrected chi connectivity index (χ1v) is 9.24. The summed E-state index contributed by atoms with van der Waals surface area (Å²) in [6.45, 7) is 2.85. The van der Waals surface area contributed by atoms with Gasteiger partial charge in [0.1, 0.15) is 0 Å². The van der Waals surface area contributed by atoms with Crippen molar-refractivity contribution in [1.82, 2.24) is 9.80 Å². The summed E-state index contributed by atoms with van der Waals surface area (Å²) in [5.41, 5.74) is -0.723. The molecule has 2 rings (SSSR count). The Balaban J connectivity index is 2.09. The van der Waals surface area contributed by atoms with Gasteiger partial charge in [0.15, 0.2) is 0 Å². The fourth-order valence-electron chi connectivity index (χ4n) is 2.71. The normalized spacial score (nSPS) is 19.3. The molecule has 8 nitrogen and oxygen atoms in total. The molecule has 134 valence electrons. The summed E-state index contributed by atoms with van der Waals surface area (Å²) >= 11 is 0. The van der Waals surface area contributed by atoms with Crippen LogP contribution in [0.15, 0.2) is 30.3 Å².